The third-order valence-corrected chi connectivity index (χ3v) is 2.94. The normalized spacial score (nSPS) is 11.8. The maximum Gasteiger partial charge on any atom is 0.416 e. The van der Waals surface area contributed by atoms with Crippen LogP contribution in [0.5, 0.6) is 0 Å². The first-order chi connectivity index (χ1) is 8.29. The topological polar surface area (TPSA) is 20.7 Å². The molecule has 2 aromatic rings. The van der Waals surface area contributed by atoms with Crippen LogP contribution in [0.3, 0.4) is 0 Å². The molecule has 0 aliphatic rings. The fraction of sp³-hybridized carbons (Fsp3) is 0.250. The minimum atomic E-state index is -4.35. The second-order valence-electron chi connectivity index (χ2n) is 4.11. The third-order valence-electron chi connectivity index (χ3n) is 2.64. The van der Waals surface area contributed by atoms with E-state index >= 15 is 0 Å². The molecular weight excluding hydrogens is 261 g/mol. The maximum atomic E-state index is 12.7. The summed E-state index contributed by atoms with van der Waals surface area (Å²) < 4.78 is 40.0. The van der Waals surface area contributed by atoms with E-state index in [1.165, 1.54) is 6.07 Å². The Morgan fingerprint density at radius 3 is 2.39 bits per heavy atom. The number of imidazole rings is 1. The molecule has 0 spiro atoms. The summed E-state index contributed by atoms with van der Waals surface area (Å²) in [7, 11) is 0. The summed E-state index contributed by atoms with van der Waals surface area (Å²) >= 11 is 5.08. The van der Waals surface area contributed by atoms with Crippen molar-refractivity contribution in [3.05, 3.63) is 46.0 Å². The van der Waals surface area contributed by atoms with Gasteiger partial charge in [0.15, 0.2) is 4.77 Å². The lowest BCUT2D eigenvalue weighted by Crippen LogP contribution is -2.07. The van der Waals surface area contributed by atoms with E-state index in [9.17, 15) is 13.2 Å². The van der Waals surface area contributed by atoms with Gasteiger partial charge in [0.1, 0.15) is 0 Å². The second-order valence-corrected chi connectivity index (χ2v) is 4.50. The lowest BCUT2D eigenvalue weighted by Gasteiger charge is -2.11. The molecule has 0 radical (unpaired) electrons. The van der Waals surface area contributed by atoms with E-state index in [0.717, 1.165) is 23.4 Å². The first-order valence-electron chi connectivity index (χ1n) is 5.25. The molecule has 0 fully saturated rings. The lowest BCUT2D eigenvalue weighted by molar-refractivity contribution is -0.137. The van der Waals surface area contributed by atoms with Gasteiger partial charge in [-0.25, -0.2) is 0 Å². The van der Waals surface area contributed by atoms with Crippen LogP contribution in [0.1, 0.15) is 16.8 Å². The van der Waals surface area contributed by atoms with Gasteiger partial charge < -0.3 is 4.98 Å². The fourth-order valence-electron chi connectivity index (χ4n) is 1.74. The Hall–Kier alpha value is -1.56. The molecule has 1 aromatic heterocycles. The van der Waals surface area contributed by atoms with Gasteiger partial charge in [0.2, 0.25) is 0 Å². The van der Waals surface area contributed by atoms with Crippen molar-refractivity contribution in [3.63, 3.8) is 0 Å². The average Bonchev–Trinajstić information content (AvgIpc) is 2.56. The van der Waals surface area contributed by atoms with Crippen molar-refractivity contribution in [2.45, 2.75) is 20.0 Å². The van der Waals surface area contributed by atoms with Crippen molar-refractivity contribution in [2.75, 3.05) is 0 Å². The maximum absolute atomic E-state index is 12.7. The van der Waals surface area contributed by atoms with Gasteiger partial charge in [-0.05, 0) is 43.8 Å². The molecule has 0 aliphatic heterocycles. The van der Waals surface area contributed by atoms with Crippen LogP contribution in [-0.2, 0) is 6.18 Å². The van der Waals surface area contributed by atoms with Gasteiger partial charge in [-0.15, -0.1) is 0 Å². The molecule has 2 rings (SSSR count). The Morgan fingerprint density at radius 1 is 1.22 bits per heavy atom. The highest BCUT2D eigenvalue weighted by Gasteiger charge is 2.31. The summed E-state index contributed by atoms with van der Waals surface area (Å²) in [5.41, 5.74) is 1.30. The first kappa shape index (κ1) is 12.9. The fourth-order valence-corrected chi connectivity index (χ4v) is 2.05. The third kappa shape index (κ3) is 2.33. The smallest absolute Gasteiger partial charge is 0.335 e. The summed E-state index contributed by atoms with van der Waals surface area (Å²) in [5.74, 6) is 0. The Balaban J connectivity index is 2.64. The summed E-state index contributed by atoms with van der Waals surface area (Å²) in [6.45, 7) is 3.55. The average molecular weight is 272 g/mol. The number of aryl methyl sites for hydroxylation is 2. The highest BCUT2D eigenvalue weighted by Crippen LogP contribution is 2.31. The molecule has 1 heterocycles. The number of nitrogens with zero attached hydrogens (tertiary/aromatic N) is 1. The molecule has 1 N–H and O–H groups in total. The van der Waals surface area contributed by atoms with Crippen molar-refractivity contribution < 1.29 is 13.2 Å². The van der Waals surface area contributed by atoms with Crippen molar-refractivity contribution in [1.29, 1.82) is 0 Å². The number of rotatable bonds is 1. The molecule has 1 aromatic carbocycles. The standard InChI is InChI=1S/C12H11F3N2S/c1-7-3-4-9(12(13,14)15)5-10(7)17-6-8(2)16-11(17)18/h3-6H,1-2H3,(H,16,18). The predicted molar refractivity (Wildman–Crippen MR) is 65.4 cm³/mol. The van der Waals surface area contributed by atoms with Gasteiger partial charge in [0.25, 0.3) is 0 Å². The van der Waals surface area contributed by atoms with E-state index in [2.05, 4.69) is 4.98 Å². The van der Waals surface area contributed by atoms with Gasteiger partial charge in [-0.1, -0.05) is 6.07 Å². The highest BCUT2D eigenvalue weighted by atomic mass is 32.1. The number of H-pyrrole nitrogens is 1. The molecule has 0 saturated heterocycles. The Kier molecular flexibility index (Phi) is 3.06. The van der Waals surface area contributed by atoms with E-state index in [4.69, 9.17) is 12.2 Å². The molecular formula is C12H11F3N2S. The Labute approximate surface area is 107 Å². The summed E-state index contributed by atoms with van der Waals surface area (Å²) in [6.07, 6.45) is -2.67. The molecule has 0 unspecified atom stereocenters. The van der Waals surface area contributed by atoms with Gasteiger partial charge in [-0.2, -0.15) is 13.2 Å². The second kappa shape index (κ2) is 4.28. The van der Waals surface area contributed by atoms with Crippen molar-refractivity contribution in [3.8, 4) is 5.69 Å². The van der Waals surface area contributed by atoms with Crippen LogP contribution in [0, 0.1) is 18.6 Å². The molecule has 6 heteroatoms. The van der Waals surface area contributed by atoms with E-state index in [-0.39, 0.29) is 0 Å². The van der Waals surface area contributed by atoms with Gasteiger partial charge in [0.05, 0.1) is 11.3 Å². The van der Waals surface area contributed by atoms with Gasteiger partial charge in [0, 0.05) is 11.9 Å². The SMILES string of the molecule is Cc1cn(-c2cc(C(F)(F)F)ccc2C)c(=S)[nH]1. The van der Waals surface area contributed by atoms with Crippen molar-refractivity contribution in [2.24, 2.45) is 0 Å². The van der Waals surface area contributed by atoms with Crippen LogP contribution < -0.4 is 0 Å². The van der Waals surface area contributed by atoms with Crippen molar-refractivity contribution in [1.82, 2.24) is 9.55 Å². The van der Waals surface area contributed by atoms with Crippen LogP contribution in [-0.4, -0.2) is 9.55 Å². The van der Waals surface area contributed by atoms with Crippen LogP contribution >= 0.6 is 12.2 Å². The molecule has 96 valence electrons. The van der Waals surface area contributed by atoms with Crippen LogP contribution in [0.2, 0.25) is 0 Å². The van der Waals surface area contributed by atoms with E-state index in [0.29, 0.717) is 10.5 Å². The molecule has 0 saturated carbocycles. The largest absolute Gasteiger partial charge is 0.416 e. The molecule has 0 amide bonds. The summed E-state index contributed by atoms with van der Waals surface area (Å²) in [5, 5.41) is 0. The number of nitrogens with one attached hydrogen (secondary N) is 1. The van der Waals surface area contributed by atoms with Gasteiger partial charge >= 0.3 is 6.18 Å². The predicted octanol–water partition coefficient (Wildman–Crippen LogP) is 4.17. The number of benzene rings is 1. The lowest BCUT2D eigenvalue weighted by atomic mass is 10.1. The summed E-state index contributed by atoms with van der Waals surface area (Å²) in [6, 6.07) is 3.63. The quantitative estimate of drug-likeness (QED) is 0.773. The van der Waals surface area contributed by atoms with Crippen LogP contribution in [0.4, 0.5) is 13.2 Å². The monoisotopic (exact) mass is 272 g/mol. The minimum Gasteiger partial charge on any atom is -0.335 e. The molecule has 18 heavy (non-hydrogen) atoms. The number of alkyl halides is 3. The molecule has 0 atom stereocenters. The molecule has 0 aliphatic carbocycles. The molecule has 0 bridgehead atoms. The zero-order valence-corrected chi connectivity index (χ0v) is 10.6. The number of hydrogen-bond donors (Lipinski definition) is 1. The van der Waals surface area contributed by atoms with Crippen LogP contribution in [0.25, 0.3) is 5.69 Å². The van der Waals surface area contributed by atoms with Crippen molar-refractivity contribution >= 4 is 12.2 Å². The van der Waals surface area contributed by atoms with E-state index < -0.39 is 11.7 Å². The van der Waals surface area contributed by atoms with E-state index in [1.807, 2.05) is 0 Å². The van der Waals surface area contributed by atoms with Gasteiger partial charge in [-0.3, -0.25) is 4.57 Å². The zero-order valence-electron chi connectivity index (χ0n) is 9.80. The molecule has 2 nitrogen and oxygen atoms in total. The first-order valence-corrected chi connectivity index (χ1v) is 5.66. The Morgan fingerprint density at radius 2 is 1.89 bits per heavy atom. The number of aromatic amines is 1. The highest BCUT2D eigenvalue weighted by molar-refractivity contribution is 7.71. The van der Waals surface area contributed by atoms with E-state index in [1.54, 1.807) is 24.6 Å². The zero-order chi connectivity index (χ0) is 13.5. The summed E-state index contributed by atoms with van der Waals surface area (Å²) in [4.78, 5) is 2.89. The van der Waals surface area contributed by atoms with Crippen LogP contribution in [0.15, 0.2) is 24.4 Å². The number of halogens is 3. The number of aromatic nitrogens is 2. The Bertz CT molecular complexity index is 638. The number of hydrogen-bond acceptors (Lipinski definition) is 1. The minimum absolute atomic E-state index is 0.384.